The molecule has 1 aliphatic rings. The highest BCUT2D eigenvalue weighted by Gasteiger charge is 2.53. The van der Waals surface area contributed by atoms with E-state index in [0.29, 0.717) is 6.07 Å². The zero-order chi connectivity index (χ0) is 16.9. The van der Waals surface area contributed by atoms with Crippen LogP contribution in [0, 0.1) is 17.5 Å². The molecule has 1 aliphatic heterocycles. The van der Waals surface area contributed by atoms with E-state index >= 15 is 0 Å². The molecule has 1 fully saturated rings. The molecule has 0 saturated carbocycles. The number of benzene rings is 1. The van der Waals surface area contributed by atoms with Crippen LogP contribution < -0.4 is 5.46 Å². The quantitative estimate of drug-likeness (QED) is 0.477. The Bertz CT molecular complexity index is 615. The maximum Gasteiger partial charge on any atom is 0.501 e. The lowest BCUT2D eigenvalue weighted by molar-refractivity contribution is 0.00578. The number of halogens is 3. The molecule has 1 aromatic rings. The van der Waals surface area contributed by atoms with E-state index in [0.717, 1.165) is 7.11 Å². The number of hydrogen-bond donors (Lipinski definition) is 0. The van der Waals surface area contributed by atoms with Crippen LogP contribution in [-0.2, 0) is 14.0 Å². The van der Waals surface area contributed by atoms with Crippen molar-refractivity contribution in [3.8, 4) is 0 Å². The largest absolute Gasteiger partial charge is 0.501 e. The molecule has 0 unspecified atom stereocenters. The number of methoxy groups -OCH3 is 1. The van der Waals surface area contributed by atoms with E-state index in [2.05, 4.69) is 4.74 Å². The highest BCUT2D eigenvalue weighted by Crippen LogP contribution is 2.37. The molecular formula is C14H16BF3O4. The van der Waals surface area contributed by atoms with E-state index in [1.165, 1.54) is 0 Å². The predicted molar refractivity (Wildman–Crippen MR) is 73.4 cm³/mol. The van der Waals surface area contributed by atoms with Crippen molar-refractivity contribution in [1.29, 1.82) is 0 Å². The van der Waals surface area contributed by atoms with E-state index in [1.54, 1.807) is 27.7 Å². The first-order valence-corrected chi connectivity index (χ1v) is 6.63. The van der Waals surface area contributed by atoms with Crippen molar-refractivity contribution in [3.05, 3.63) is 29.1 Å². The molecule has 22 heavy (non-hydrogen) atoms. The van der Waals surface area contributed by atoms with Gasteiger partial charge in [-0.3, -0.25) is 0 Å². The zero-order valence-electron chi connectivity index (χ0n) is 12.9. The van der Waals surface area contributed by atoms with Gasteiger partial charge in [-0.05, 0) is 33.8 Å². The Kier molecular flexibility index (Phi) is 4.04. The second-order valence-corrected chi connectivity index (χ2v) is 6.03. The molecule has 0 spiro atoms. The van der Waals surface area contributed by atoms with Gasteiger partial charge in [0.05, 0.1) is 23.8 Å². The number of esters is 1. The number of carbonyl (C=O) groups excluding carboxylic acids is 1. The Labute approximate surface area is 126 Å². The number of hydrogen-bond acceptors (Lipinski definition) is 4. The van der Waals surface area contributed by atoms with Crippen LogP contribution in [0.4, 0.5) is 13.2 Å². The van der Waals surface area contributed by atoms with E-state index < -0.39 is 52.8 Å². The standard InChI is InChI=1S/C14H16BF3O4/c1-13(2)14(3,4)22-15(21-13)9-8(16)6-7(12(19)20-5)10(17)11(9)18/h6H,1-5H3. The average Bonchev–Trinajstić information content (AvgIpc) is 2.61. The summed E-state index contributed by atoms with van der Waals surface area (Å²) in [6.45, 7) is 6.79. The van der Waals surface area contributed by atoms with Crippen molar-refractivity contribution in [3.63, 3.8) is 0 Å². The Balaban J connectivity index is 2.51. The summed E-state index contributed by atoms with van der Waals surface area (Å²) in [6, 6.07) is 0.574. The van der Waals surface area contributed by atoms with Gasteiger partial charge in [0.15, 0.2) is 11.6 Å². The summed E-state index contributed by atoms with van der Waals surface area (Å²) in [4.78, 5) is 11.3. The van der Waals surface area contributed by atoms with Crippen molar-refractivity contribution in [2.75, 3.05) is 7.11 Å². The lowest BCUT2D eigenvalue weighted by Gasteiger charge is -2.32. The third kappa shape index (κ3) is 2.50. The fourth-order valence-electron chi connectivity index (χ4n) is 2.04. The first kappa shape index (κ1) is 16.8. The second kappa shape index (κ2) is 5.28. The number of rotatable bonds is 2. The molecule has 0 aromatic heterocycles. The summed E-state index contributed by atoms with van der Waals surface area (Å²) < 4.78 is 57.6. The van der Waals surface area contributed by atoms with E-state index in [-0.39, 0.29) is 0 Å². The molecule has 0 radical (unpaired) electrons. The first-order chi connectivity index (χ1) is 10.0. The Morgan fingerprint density at radius 2 is 1.59 bits per heavy atom. The molecule has 120 valence electrons. The average molecular weight is 316 g/mol. The van der Waals surface area contributed by atoms with Crippen LogP contribution >= 0.6 is 0 Å². The first-order valence-electron chi connectivity index (χ1n) is 6.63. The molecular weight excluding hydrogens is 300 g/mol. The van der Waals surface area contributed by atoms with Crippen LogP contribution in [0.15, 0.2) is 6.07 Å². The molecule has 1 heterocycles. The van der Waals surface area contributed by atoms with Gasteiger partial charge in [-0.15, -0.1) is 0 Å². The van der Waals surface area contributed by atoms with Gasteiger partial charge in [0, 0.05) is 0 Å². The topological polar surface area (TPSA) is 44.8 Å². The summed E-state index contributed by atoms with van der Waals surface area (Å²) >= 11 is 0. The third-order valence-corrected chi connectivity index (χ3v) is 4.09. The summed E-state index contributed by atoms with van der Waals surface area (Å²) in [5.74, 6) is -5.34. The van der Waals surface area contributed by atoms with Gasteiger partial charge in [0.2, 0.25) is 0 Å². The third-order valence-electron chi connectivity index (χ3n) is 4.09. The molecule has 0 atom stereocenters. The van der Waals surface area contributed by atoms with Crippen molar-refractivity contribution < 1.29 is 32.0 Å². The molecule has 0 aliphatic carbocycles. The SMILES string of the molecule is COC(=O)c1cc(F)c(B2OC(C)(C)C(C)(C)O2)c(F)c1F. The Morgan fingerprint density at radius 1 is 1.09 bits per heavy atom. The van der Waals surface area contributed by atoms with E-state index in [9.17, 15) is 18.0 Å². The maximum absolute atomic E-state index is 14.2. The van der Waals surface area contributed by atoms with Gasteiger partial charge >= 0.3 is 13.1 Å². The number of carbonyl (C=O) groups is 1. The predicted octanol–water partition coefficient (Wildman–Crippen LogP) is 2.19. The highest BCUT2D eigenvalue weighted by molar-refractivity contribution is 6.62. The minimum Gasteiger partial charge on any atom is -0.465 e. The van der Waals surface area contributed by atoms with Gasteiger partial charge < -0.3 is 14.0 Å². The van der Waals surface area contributed by atoms with Crippen LogP contribution in [0.2, 0.25) is 0 Å². The summed E-state index contributed by atoms with van der Waals surface area (Å²) in [5, 5.41) is 0. The molecule has 8 heteroatoms. The molecule has 0 N–H and O–H groups in total. The minimum absolute atomic E-state index is 0.574. The Morgan fingerprint density at radius 3 is 2.05 bits per heavy atom. The molecule has 4 nitrogen and oxygen atoms in total. The Hall–Kier alpha value is -1.54. The molecule has 1 saturated heterocycles. The normalized spacial score (nSPS) is 19.4. The van der Waals surface area contributed by atoms with Gasteiger partial charge in [0.25, 0.3) is 0 Å². The number of ether oxygens (including phenoxy) is 1. The van der Waals surface area contributed by atoms with Gasteiger partial charge in [-0.2, -0.15) is 0 Å². The van der Waals surface area contributed by atoms with E-state index in [1.807, 2.05) is 0 Å². The fourth-order valence-corrected chi connectivity index (χ4v) is 2.04. The van der Waals surface area contributed by atoms with Crippen LogP contribution in [0.5, 0.6) is 0 Å². The van der Waals surface area contributed by atoms with Crippen LogP contribution in [0.25, 0.3) is 0 Å². The minimum atomic E-state index is -1.53. The maximum atomic E-state index is 14.2. The summed E-state index contributed by atoms with van der Waals surface area (Å²) in [5.41, 5.74) is -3.20. The fraction of sp³-hybridized carbons (Fsp3) is 0.500. The van der Waals surface area contributed by atoms with Gasteiger partial charge in [0.1, 0.15) is 11.4 Å². The van der Waals surface area contributed by atoms with Crippen LogP contribution in [0.3, 0.4) is 0 Å². The van der Waals surface area contributed by atoms with Crippen molar-refractivity contribution in [2.24, 2.45) is 0 Å². The second-order valence-electron chi connectivity index (χ2n) is 6.03. The molecule has 1 aromatic carbocycles. The molecule has 2 rings (SSSR count). The lowest BCUT2D eigenvalue weighted by atomic mass is 9.77. The zero-order valence-corrected chi connectivity index (χ0v) is 12.9. The molecule has 0 amide bonds. The van der Waals surface area contributed by atoms with Crippen LogP contribution in [0.1, 0.15) is 38.1 Å². The monoisotopic (exact) mass is 316 g/mol. The highest BCUT2D eigenvalue weighted by atomic mass is 19.2. The smallest absolute Gasteiger partial charge is 0.465 e. The van der Waals surface area contributed by atoms with Crippen LogP contribution in [-0.4, -0.2) is 31.4 Å². The summed E-state index contributed by atoms with van der Waals surface area (Å²) in [6.07, 6.45) is 0. The molecule has 0 bridgehead atoms. The van der Waals surface area contributed by atoms with E-state index in [4.69, 9.17) is 9.31 Å². The lowest BCUT2D eigenvalue weighted by Crippen LogP contribution is -2.41. The van der Waals surface area contributed by atoms with Gasteiger partial charge in [-0.1, -0.05) is 0 Å². The van der Waals surface area contributed by atoms with Crippen molar-refractivity contribution in [2.45, 2.75) is 38.9 Å². The van der Waals surface area contributed by atoms with Crippen molar-refractivity contribution in [1.82, 2.24) is 0 Å². The van der Waals surface area contributed by atoms with Gasteiger partial charge in [-0.25, -0.2) is 18.0 Å². The summed E-state index contributed by atoms with van der Waals surface area (Å²) in [7, 11) is -0.425. The van der Waals surface area contributed by atoms with Crippen molar-refractivity contribution >= 4 is 18.6 Å².